The summed E-state index contributed by atoms with van der Waals surface area (Å²) in [6.45, 7) is 2.67. The quantitative estimate of drug-likeness (QED) is 0.833. The Bertz CT molecular complexity index is 536. The molecule has 0 aliphatic rings. The van der Waals surface area contributed by atoms with Crippen LogP contribution >= 0.6 is 15.9 Å². The molecular weight excluding hydrogens is 302 g/mol. The van der Waals surface area contributed by atoms with Crippen molar-refractivity contribution >= 4 is 27.5 Å². The van der Waals surface area contributed by atoms with E-state index in [2.05, 4.69) is 15.9 Å². The summed E-state index contributed by atoms with van der Waals surface area (Å²) in [5.41, 5.74) is 1.98. The van der Waals surface area contributed by atoms with Crippen LogP contribution in [-0.2, 0) is 11.2 Å². The van der Waals surface area contributed by atoms with Gasteiger partial charge in [0, 0.05) is 16.7 Å². The SMILES string of the molecule is CCN(C(=O)Cc1ccc(Br)cc1)c1ccccc1. The zero-order valence-electron chi connectivity index (χ0n) is 10.8. The minimum Gasteiger partial charge on any atom is -0.312 e. The van der Waals surface area contributed by atoms with Crippen LogP contribution < -0.4 is 4.90 Å². The average molecular weight is 318 g/mol. The van der Waals surface area contributed by atoms with Gasteiger partial charge >= 0.3 is 0 Å². The molecule has 2 nitrogen and oxygen atoms in total. The Balaban J connectivity index is 2.11. The van der Waals surface area contributed by atoms with Crippen molar-refractivity contribution in [3.8, 4) is 0 Å². The van der Waals surface area contributed by atoms with Crippen LogP contribution in [0, 0.1) is 0 Å². The van der Waals surface area contributed by atoms with E-state index in [0.29, 0.717) is 13.0 Å². The van der Waals surface area contributed by atoms with Crippen molar-refractivity contribution in [3.63, 3.8) is 0 Å². The Kier molecular flexibility index (Phi) is 4.74. The molecule has 0 saturated carbocycles. The third kappa shape index (κ3) is 3.67. The number of benzene rings is 2. The molecule has 0 heterocycles. The van der Waals surface area contributed by atoms with Gasteiger partial charge in [-0.2, -0.15) is 0 Å². The molecule has 0 aliphatic carbocycles. The van der Waals surface area contributed by atoms with Crippen LogP contribution in [0.5, 0.6) is 0 Å². The molecule has 2 rings (SSSR count). The highest BCUT2D eigenvalue weighted by Gasteiger charge is 2.13. The number of carbonyl (C=O) groups excluding carboxylic acids is 1. The van der Waals surface area contributed by atoms with Crippen molar-refractivity contribution in [1.29, 1.82) is 0 Å². The number of halogens is 1. The summed E-state index contributed by atoms with van der Waals surface area (Å²) in [5.74, 6) is 0.121. The molecule has 1 amide bonds. The van der Waals surface area contributed by atoms with E-state index in [1.165, 1.54) is 0 Å². The first-order valence-corrected chi connectivity index (χ1v) is 7.10. The average Bonchev–Trinajstić information content (AvgIpc) is 2.43. The molecule has 0 saturated heterocycles. The molecule has 0 unspecified atom stereocenters. The van der Waals surface area contributed by atoms with Gasteiger partial charge in [-0.3, -0.25) is 4.79 Å². The van der Waals surface area contributed by atoms with Crippen molar-refractivity contribution in [2.45, 2.75) is 13.3 Å². The second kappa shape index (κ2) is 6.53. The molecule has 0 atom stereocenters. The van der Waals surface area contributed by atoms with Crippen LogP contribution in [0.3, 0.4) is 0 Å². The predicted molar refractivity (Wildman–Crippen MR) is 82.3 cm³/mol. The van der Waals surface area contributed by atoms with E-state index in [4.69, 9.17) is 0 Å². The van der Waals surface area contributed by atoms with Crippen LogP contribution in [0.1, 0.15) is 12.5 Å². The van der Waals surface area contributed by atoms with Gasteiger partial charge in [-0.1, -0.05) is 46.3 Å². The molecule has 0 aliphatic heterocycles. The number of para-hydroxylation sites is 1. The maximum atomic E-state index is 12.3. The van der Waals surface area contributed by atoms with Gasteiger partial charge in [0.15, 0.2) is 0 Å². The van der Waals surface area contributed by atoms with Crippen molar-refractivity contribution in [2.24, 2.45) is 0 Å². The number of hydrogen-bond acceptors (Lipinski definition) is 1. The van der Waals surface area contributed by atoms with E-state index in [1.807, 2.05) is 66.4 Å². The summed E-state index contributed by atoms with van der Waals surface area (Å²) < 4.78 is 1.03. The largest absolute Gasteiger partial charge is 0.312 e. The fourth-order valence-electron chi connectivity index (χ4n) is 1.98. The monoisotopic (exact) mass is 317 g/mol. The van der Waals surface area contributed by atoms with E-state index in [-0.39, 0.29) is 5.91 Å². The van der Waals surface area contributed by atoms with Crippen molar-refractivity contribution in [2.75, 3.05) is 11.4 Å². The van der Waals surface area contributed by atoms with Gasteiger partial charge in [0.25, 0.3) is 0 Å². The van der Waals surface area contributed by atoms with Gasteiger partial charge in [0.1, 0.15) is 0 Å². The van der Waals surface area contributed by atoms with Crippen molar-refractivity contribution < 1.29 is 4.79 Å². The topological polar surface area (TPSA) is 20.3 Å². The molecule has 0 bridgehead atoms. The predicted octanol–water partition coefficient (Wildman–Crippen LogP) is 4.04. The number of carbonyl (C=O) groups is 1. The first-order chi connectivity index (χ1) is 9.20. The van der Waals surface area contributed by atoms with Crippen LogP contribution in [0.15, 0.2) is 59.1 Å². The minimum absolute atomic E-state index is 0.121. The van der Waals surface area contributed by atoms with Crippen molar-refractivity contribution in [1.82, 2.24) is 0 Å². The van der Waals surface area contributed by atoms with Crippen LogP contribution in [0.4, 0.5) is 5.69 Å². The lowest BCUT2D eigenvalue weighted by Gasteiger charge is -2.21. The Morgan fingerprint density at radius 1 is 1.05 bits per heavy atom. The highest BCUT2D eigenvalue weighted by atomic mass is 79.9. The molecule has 0 spiro atoms. The molecule has 0 aromatic heterocycles. The fourth-order valence-corrected chi connectivity index (χ4v) is 2.25. The zero-order valence-corrected chi connectivity index (χ0v) is 12.4. The Morgan fingerprint density at radius 3 is 2.26 bits per heavy atom. The smallest absolute Gasteiger partial charge is 0.231 e. The number of amides is 1. The van der Waals surface area contributed by atoms with Crippen LogP contribution in [0.2, 0.25) is 0 Å². The summed E-state index contributed by atoms with van der Waals surface area (Å²) in [6.07, 6.45) is 0.427. The number of nitrogens with zero attached hydrogens (tertiary/aromatic N) is 1. The second-order valence-electron chi connectivity index (χ2n) is 4.28. The zero-order chi connectivity index (χ0) is 13.7. The molecule has 98 valence electrons. The molecule has 0 radical (unpaired) electrons. The Labute approximate surface area is 122 Å². The summed E-state index contributed by atoms with van der Waals surface area (Å²) in [5, 5.41) is 0. The normalized spacial score (nSPS) is 10.2. The fraction of sp³-hybridized carbons (Fsp3) is 0.188. The summed E-state index contributed by atoms with van der Waals surface area (Å²) >= 11 is 3.40. The standard InChI is InChI=1S/C16H16BrNO/c1-2-18(15-6-4-3-5-7-15)16(19)12-13-8-10-14(17)11-9-13/h3-11H,2,12H2,1H3. The van der Waals surface area contributed by atoms with Crippen LogP contribution in [0.25, 0.3) is 0 Å². The third-order valence-corrected chi connectivity index (χ3v) is 3.48. The van der Waals surface area contributed by atoms with E-state index in [0.717, 1.165) is 15.7 Å². The minimum atomic E-state index is 0.121. The Morgan fingerprint density at radius 2 is 1.68 bits per heavy atom. The summed E-state index contributed by atoms with van der Waals surface area (Å²) in [6, 6.07) is 17.6. The van der Waals surface area contributed by atoms with Gasteiger partial charge in [-0.25, -0.2) is 0 Å². The van der Waals surface area contributed by atoms with Gasteiger partial charge in [-0.15, -0.1) is 0 Å². The molecule has 0 fully saturated rings. The van der Waals surface area contributed by atoms with Gasteiger partial charge in [0.05, 0.1) is 6.42 Å². The molecule has 19 heavy (non-hydrogen) atoms. The number of likely N-dealkylation sites (N-methyl/N-ethyl adjacent to an activating group) is 1. The number of hydrogen-bond donors (Lipinski definition) is 0. The van der Waals surface area contributed by atoms with E-state index in [1.54, 1.807) is 0 Å². The second-order valence-corrected chi connectivity index (χ2v) is 5.19. The van der Waals surface area contributed by atoms with E-state index >= 15 is 0 Å². The van der Waals surface area contributed by atoms with E-state index < -0.39 is 0 Å². The van der Waals surface area contributed by atoms with Crippen molar-refractivity contribution in [3.05, 3.63) is 64.6 Å². The first-order valence-electron chi connectivity index (χ1n) is 6.30. The summed E-state index contributed by atoms with van der Waals surface area (Å²) in [4.78, 5) is 14.2. The molecule has 2 aromatic carbocycles. The molecule has 2 aromatic rings. The van der Waals surface area contributed by atoms with Gasteiger partial charge in [0.2, 0.25) is 5.91 Å². The molecule has 3 heteroatoms. The highest BCUT2D eigenvalue weighted by Crippen LogP contribution is 2.16. The third-order valence-electron chi connectivity index (χ3n) is 2.95. The lowest BCUT2D eigenvalue weighted by Crippen LogP contribution is -2.31. The van der Waals surface area contributed by atoms with Crippen LogP contribution in [-0.4, -0.2) is 12.5 Å². The Hall–Kier alpha value is -1.61. The molecular formula is C16H16BrNO. The lowest BCUT2D eigenvalue weighted by atomic mass is 10.1. The van der Waals surface area contributed by atoms with Gasteiger partial charge in [-0.05, 0) is 36.8 Å². The first kappa shape index (κ1) is 13.8. The maximum absolute atomic E-state index is 12.3. The molecule has 0 N–H and O–H groups in total. The van der Waals surface area contributed by atoms with E-state index in [9.17, 15) is 4.79 Å². The highest BCUT2D eigenvalue weighted by molar-refractivity contribution is 9.10. The van der Waals surface area contributed by atoms with Gasteiger partial charge < -0.3 is 4.90 Å². The number of anilines is 1. The summed E-state index contributed by atoms with van der Waals surface area (Å²) in [7, 11) is 0. The number of rotatable bonds is 4. The lowest BCUT2D eigenvalue weighted by molar-refractivity contribution is -0.117. The maximum Gasteiger partial charge on any atom is 0.231 e.